The van der Waals surface area contributed by atoms with E-state index >= 15 is 0 Å². The van der Waals surface area contributed by atoms with Gasteiger partial charge in [-0.25, -0.2) is 9.67 Å². The maximum Gasteiger partial charge on any atom is 0.158 e. The first-order chi connectivity index (χ1) is 8.34. The van der Waals surface area contributed by atoms with Crippen molar-refractivity contribution in [3.05, 3.63) is 36.2 Å². The van der Waals surface area contributed by atoms with Crippen LogP contribution in [0.4, 0.5) is 0 Å². The molecule has 90 valence electrons. The molecule has 0 radical (unpaired) electrons. The molecule has 2 aromatic rings. The van der Waals surface area contributed by atoms with Crippen LogP contribution in [0.2, 0.25) is 0 Å². The van der Waals surface area contributed by atoms with Gasteiger partial charge in [0.25, 0.3) is 0 Å². The Morgan fingerprint density at radius 3 is 2.35 bits per heavy atom. The molecule has 17 heavy (non-hydrogen) atoms. The lowest BCUT2D eigenvalue weighted by Crippen LogP contribution is -1.99. The summed E-state index contributed by atoms with van der Waals surface area (Å²) in [6.07, 6.45) is 4.12. The van der Waals surface area contributed by atoms with Crippen LogP contribution in [-0.2, 0) is 0 Å². The number of rotatable bonds is 2. The Labute approximate surface area is 103 Å². The minimum atomic E-state index is 0.587. The van der Waals surface area contributed by atoms with E-state index in [2.05, 4.69) is 41.3 Å². The van der Waals surface area contributed by atoms with E-state index in [1.54, 1.807) is 6.33 Å². The summed E-state index contributed by atoms with van der Waals surface area (Å²) >= 11 is 0. The molecule has 0 amide bonds. The van der Waals surface area contributed by atoms with Crippen LogP contribution in [-0.4, -0.2) is 14.8 Å². The lowest BCUT2D eigenvalue weighted by Gasteiger charge is -2.04. The van der Waals surface area contributed by atoms with Crippen molar-refractivity contribution in [2.45, 2.75) is 39.7 Å². The molecule has 0 spiro atoms. The van der Waals surface area contributed by atoms with Gasteiger partial charge in [0.15, 0.2) is 5.82 Å². The van der Waals surface area contributed by atoms with Crippen molar-refractivity contribution in [2.75, 3.05) is 0 Å². The van der Waals surface area contributed by atoms with Crippen molar-refractivity contribution in [1.82, 2.24) is 14.8 Å². The average molecular weight is 229 g/mol. The SMILES string of the molecule is CC.Cc1ccc(-c2ncnn2C2CC2)cc1. The molecular weight excluding hydrogens is 210 g/mol. The number of aromatic nitrogens is 3. The van der Waals surface area contributed by atoms with Gasteiger partial charge < -0.3 is 0 Å². The zero-order valence-electron chi connectivity index (χ0n) is 10.7. The summed E-state index contributed by atoms with van der Waals surface area (Å²) in [4.78, 5) is 4.33. The molecule has 1 aliphatic carbocycles. The standard InChI is InChI=1S/C12H13N3.C2H6/c1-9-2-4-10(5-3-9)12-13-8-14-15(12)11-6-7-11;1-2/h2-5,8,11H,6-7H2,1H3;1-2H3. The zero-order valence-corrected chi connectivity index (χ0v) is 10.7. The molecule has 0 atom stereocenters. The maximum atomic E-state index is 4.33. The highest BCUT2D eigenvalue weighted by Crippen LogP contribution is 2.36. The smallest absolute Gasteiger partial charge is 0.158 e. The Kier molecular flexibility index (Phi) is 3.57. The maximum absolute atomic E-state index is 4.33. The fraction of sp³-hybridized carbons (Fsp3) is 0.429. The van der Waals surface area contributed by atoms with Gasteiger partial charge in [-0.1, -0.05) is 43.7 Å². The third-order valence-electron chi connectivity index (χ3n) is 2.78. The second-order valence-electron chi connectivity index (χ2n) is 4.13. The minimum Gasteiger partial charge on any atom is -0.243 e. The summed E-state index contributed by atoms with van der Waals surface area (Å²) in [5, 5.41) is 4.28. The van der Waals surface area contributed by atoms with Gasteiger partial charge in [-0.2, -0.15) is 5.10 Å². The molecular formula is C14H19N3. The van der Waals surface area contributed by atoms with E-state index in [-0.39, 0.29) is 0 Å². The summed E-state index contributed by atoms with van der Waals surface area (Å²) in [6.45, 7) is 6.09. The molecule has 3 rings (SSSR count). The van der Waals surface area contributed by atoms with Gasteiger partial charge >= 0.3 is 0 Å². The summed E-state index contributed by atoms with van der Waals surface area (Å²) in [5.41, 5.74) is 2.43. The zero-order chi connectivity index (χ0) is 12.3. The van der Waals surface area contributed by atoms with Gasteiger partial charge in [0.1, 0.15) is 6.33 Å². The van der Waals surface area contributed by atoms with Crippen LogP contribution >= 0.6 is 0 Å². The topological polar surface area (TPSA) is 30.7 Å². The molecule has 1 aliphatic rings. The summed E-state index contributed by atoms with van der Waals surface area (Å²) in [5.74, 6) is 0.998. The number of hydrogen-bond donors (Lipinski definition) is 0. The molecule has 1 aromatic carbocycles. The third kappa shape index (κ3) is 2.54. The first-order valence-corrected chi connectivity index (χ1v) is 6.31. The molecule has 1 saturated carbocycles. The van der Waals surface area contributed by atoms with Crippen LogP contribution in [0, 0.1) is 6.92 Å². The van der Waals surface area contributed by atoms with Gasteiger partial charge in [0, 0.05) is 5.56 Å². The van der Waals surface area contributed by atoms with Crippen LogP contribution in [0.25, 0.3) is 11.4 Å². The Balaban J connectivity index is 0.000000514. The van der Waals surface area contributed by atoms with Gasteiger partial charge in [-0.05, 0) is 19.8 Å². The lowest BCUT2D eigenvalue weighted by molar-refractivity contribution is 0.647. The van der Waals surface area contributed by atoms with Gasteiger partial charge in [0.05, 0.1) is 6.04 Å². The molecule has 3 nitrogen and oxygen atoms in total. The molecule has 1 aromatic heterocycles. The lowest BCUT2D eigenvalue weighted by atomic mass is 10.1. The Morgan fingerprint density at radius 1 is 1.12 bits per heavy atom. The van der Waals surface area contributed by atoms with E-state index in [0.29, 0.717) is 6.04 Å². The van der Waals surface area contributed by atoms with Crippen molar-refractivity contribution in [3.63, 3.8) is 0 Å². The van der Waals surface area contributed by atoms with Crippen LogP contribution in [0.3, 0.4) is 0 Å². The van der Waals surface area contributed by atoms with Gasteiger partial charge in [-0.15, -0.1) is 0 Å². The first kappa shape index (κ1) is 11.8. The third-order valence-corrected chi connectivity index (χ3v) is 2.78. The molecule has 1 fully saturated rings. The number of aryl methyl sites for hydroxylation is 1. The quantitative estimate of drug-likeness (QED) is 0.787. The van der Waals surface area contributed by atoms with E-state index in [4.69, 9.17) is 0 Å². The van der Waals surface area contributed by atoms with Crippen LogP contribution in [0.1, 0.15) is 38.3 Å². The first-order valence-electron chi connectivity index (χ1n) is 6.31. The van der Waals surface area contributed by atoms with Crippen molar-refractivity contribution >= 4 is 0 Å². The predicted octanol–water partition coefficient (Wildman–Crippen LogP) is 3.61. The summed E-state index contributed by atoms with van der Waals surface area (Å²) in [7, 11) is 0. The van der Waals surface area contributed by atoms with E-state index in [1.165, 1.54) is 18.4 Å². The van der Waals surface area contributed by atoms with E-state index < -0.39 is 0 Å². The van der Waals surface area contributed by atoms with Crippen LogP contribution < -0.4 is 0 Å². The predicted molar refractivity (Wildman–Crippen MR) is 69.8 cm³/mol. The number of hydrogen-bond acceptors (Lipinski definition) is 2. The van der Waals surface area contributed by atoms with E-state index in [1.807, 2.05) is 18.5 Å². The summed E-state index contributed by atoms with van der Waals surface area (Å²) < 4.78 is 2.05. The molecule has 3 heteroatoms. The molecule has 0 unspecified atom stereocenters. The van der Waals surface area contributed by atoms with Crippen molar-refractivity contribution in [3.8, 4) is 11.4 Å². The van der Waals surface area contributed by atoms with E-state index in [9.17, 15) is 0 Å². The second-order valence-corrected chi connectivity index (χ2v) is 4.13. The van der Waals surface area contributed by atoms with Gasteiger partial charge in [0.2, 0.25) is 0 Å². The highest BCUT2D eigenvalue weighted by Gasteiger charge is 2.27. The Hall–Kier alpha value is -1.64. The molecule has 0 saturated heterocycles. The fourth-order valence-corrected chi connectivity index (χ4v) is 1.75. The van der Waals surface area contributed by atoms with Crippen molar-refractivity contribution in [2.24, 2.45) is 0 Å². The average Bonchev–Trinajstić information content (AvgIpc) is 3.11. The summed E-state index contributed by atoms with van der Waals surface area (Å²) in [6, 6.07) is 9.03. The number of benzene rings is 1. The normalized spacial score (nSPS) is 14.1. The van der Waals surface area contributed by atoms with Gasteiger partial charge in [-0.3, -0.25) is 0 Å². The number of nitrogens with zero attached hydrogens (tertiary/aromatic N) is 3. The molecule has 1 heterocycles. The Morgan fingerprint density at radius 2 is 1.76 bits per heavy atom. The highest BCUT2D eigenvalue weighted by atomic mass is 15.4. The monoisotopic (exact) mass is 229 g/mol. The highest BCUT2D eigenvalue weighted by molar-refractivity contribution is 5.55. The van der Waals surface area contributed by atoms with Crippen LogP contribution in [0.5, 0.6) is 0 Å². The second kappa shape index (κ2) is 5.13. The molecule has 0 bridgehead atoms. The van der Waals surface area contributed by atoms with Crippen molar-refractivity contribution < 1.29 is 0 Å². The fourth-order valence-electron chi connectivity index (χ4n) is 1.75. The Bertz CT molecular complexity index is 466. The minimum absolute atomic E-state index is 0.587. The van der Waals surface area contributed by atoms with Crippen molar-refractivity contribution in [1.29, 1.82) is 0 Å². The molecule has 0 aliphatic heterocycles. The largest absolute Gasteiger partial charge is 0.243 e. The molecule has 0 N–H and O–H groups in total. The van der Waals surface area contributed by atoms with E-state index in [0.717, 1.165) is 11.4 Å². The van der Waals surface area contributed by atoms with Crippen LogP contribution in [0.15, 0.2) is 30.6 Å².